The first-order chi connectivity index (χ1) is 10.0. The zero-order valence-electron chi connectivity index (χ0n) is 12.3. The Bertz CT molecular complexity index is 441. The monoisotopic (exact) mass is 360 g/mol. The number of ether oxygens (including phenoxy) is 3. The van der Waals surface area contributed by atoms with Crippen LogP contribution in [-0.4, -0.2) is 43.1 Å². The number of rotatable bonds is 9. The second-order valence-corrected chi connectivity index (χ2v) is 5.13. The molecule has 21 heavy (non-hydrogen) atoms. The van der Waals surface area contributed by atoms with Gasteiger partial charge in [-0.3, -0.25) is 5.73 Å². The molecular weight excluding hydrogens is 340 g/mol. The van der Waals surface area contributed by atoms with Crippen molar-refractivity contribution in [1.82, 2.24) is 4.98 Å². The Hall–Kier alpha value is -1.02. The van der Waals surface area contributed by atoms with Gasteiger partial charge in [0.2, 0.25) is 5.72 Å². The van der Waals surface area contributed by atoms with Gasteiger partial charge in [-0.25, -0.2) is 9.78 Å². The maximum atomic E-state index is 12.1. The first kappa shape index (κ1) is 18.0. The highest BCUT2D eigenvalue weighted by atomic mass is 79.9. The summed E-state index contributed by atoms with van der Waals surface area (Å²) in [5.41, 5.74) is 5.33. The smallest absolute Gasteiger partial charge is 0.353 e. The maximum Gasteiger partial charge on any atom is 0.353 e. The van der Waals surface area contributed by atoms with Crippen LogP contribution < -0.4 is 5.73 Å². The minimum atomic E-state index is -1.54. The summed E-state index contributed by atoms with van der Waals surface area (Å²) in [6.07, 6.45) is 1.81. The molecule has 0 saturated heterocycles. The van der Waals surface area contributed by atoms with Crippen LogP contribution in [0.25, 0.3) is 0 Å². The van der Waals surface area contributed by atoms with Gasteiger partial charge in [-0.2, -0.15) is 0 Å². The van der Waals surface area contributed by atoms with E-state index >= 15 is 0 Å². The van der Waals surface area contributed by atoms with Gasteiger partial charge >= 0.3 is 5.97 Å². The number of pyridine rings is 1. The Morgan fingerprint density at radius 1 is 1.33 bits per heavy atom. The average molecular weight is 361 g/mol. The number of aromatic nitrogens is 1. The fourth-order valence-corrected chi connectivity index (χ4v) is 1.91. The Morgan fingerprint density at radius 3 is 2.67 bits per heavy atom. The van der Waals surface area contributed by atoms with Gasteiger partial charge in [0.1, 0.15) is 4.60 Å². The van der Waals surface area contributed by atoms with E-state index < -0.39 is 11.7 Å². The lowest BCUT2D eigenvalue weighted by molar-refractivity contribution is -0.173. The predicted molar refractivity (Wildman–Crippen MR) is 81.6 cm³/mol. The first-order valence-electron chi connectivity index (χ1n) is 6.80. The normalized spacial score (nSPS) is 13.7. The fraction of sp³-hybridized carbons (Fsp3) is 0.571. The summed E-state index contributed by atoms with van der Waals surface area (Å²) in [6, 6.07) is 3.60. The molecule has 118 valence electrons. The molecule has 0 aromatic carbocycles. The summed E-state index contributed by atoms with van der Waals surface area (Å²) in [6.45, 7) is 5.01. The van der Waals surface area contributed by atoms with Gasteiger partial charge < -0.3 is 14.2 Å². The van der Waals surface area contributed by atoms with Crippen molar-refractivity contribution < 1.29 is 19.0 Å². The van der Waals surface area contributed by atoms with Crippen molar-refractivity contribution >= 4 is 21.9 Å². The van der Waals surface area contributed by atoms with E-state index in [4.69, 9.17) is 19.9 Å². The number of esters is 1. The van der Waals surface area contributed by atoms with Gasteiger partial charge in [-0.15, -0.1) is 0 Å². The van der Waals surface area contributed by atoms with Crippen LogP contribution in [0.3, 0.4) is 0 Å². The number of carbonyl (C=O) groups is 1. The van der Waals surface area contributed by atoms with Gasteiger partial charge in [0, 0.05) is 19.2 Å². The lowest BCUT2D eigenvalue weighted by Crippen LogP contribution is -2.54. The topological polar surface area (TPSA) is 83.7 Å². The van der Waals surface area contributed by atoms with E-state index in [1.807, 2.05) is 13.0 Å². The van der Waals surface area contributed by atoms with Gasteiger partial charge in [0.15, 0.2) is 0 Å². The standard InChI is InChI=1S/C14H21BrN2O4/c1-3-19-7-8-21-14(16,13(18)20-4-2)9-11-5-6-12(15)17-10-11/h5-6,10H,3-4,7-9,16H2,1-2H3. The molecule has 1 heterocycles. The van der Waals surface area contributed by atoms with Gasteiger partial charge in [0.05, 0.1) is 19.8 Å². The summed E-state index contributed by atoms with van der Waals surface area (Å²) in [5, 5.41) is 0. The van der Waals surface area contributed by atoms with Gasteiger partial charge in [-0.05, 0) is 41.4 Å². The highest BCUT2D eigenvalue weighted by molar-refractivity contribution is 9.10. The van der Waals surface area contributed by atoms with E-state index in [2.05, 4.69) is 20.9 Å². The average Bonchev–Trinajstić information content (AvgIpc) is 2.46. The van der Waals surface area contributed by atoms with Crippen LogP contribution >= 0.6 is 15.9 Å². The molecular formula is C14H21BrN2O4. The number of hydrogen-bond donors (Lipinski definition) is 1. The highest BCUT2D eigenvalue weighted by Gasteiger charge is 2.37. The first-order valence-corrected chi connectivity index (χ1v) is 7.59. The summed E-state index contributed by atoms with van der Waals surface area (Å²) < 4.78 is 16.4. The molecule has 0 aliphatic rings. The molecule has 1 unspecified atom stereocenters. The minimum Gasteiger partial charge on any atom is -0.463 e. The fourth-order valence-electron chi connectivity index (χ4n) is 1.68. The zero-order chi connectivity index (χ0) is 15.7. The van der Waals surface area contributed by atoms with Crippen LogP contribution in [-0.2, 0) is 25.4 Å². The molecule has 0 bridgehead atoms. The quantitative estimate of drug-likeness (QED) is 0.312. The maximum absolute atomic E-state index is 12.1. The van der Waals surface area contributed by atoms with E-state index in [1.54, 1.807) is 19.2 Å². The molecule has 2 N–H and O–H groups in total. The largest absolute Gasteiger partial charge is 0.463 e. The molecule has 1 rings (SSSR count). The summed E-state index contributed by atoms with van der Waals surface area (Å²) >= 11 is 3.26. The number of nitrogens with two attached hydrogens (primary N) is 1. The van der Waals surface area contributed by atoms with Crippen LogP contribution in [0.15, 0.2) is 22.9 Å². The molecule has 7 heteroatoms. The molecule has 6 nitrogen and oxygen atoms in total. The SMILES string of the molecule is CCOCCOC(N)(Cc1ccc(Br)nc1)C(=O)OCC. The predicted octanol–water partition coefficient (Wildman–Crippen LogP) is 1.66. The number of nitrogens with zero attached hydrogens (tertiary/aromatic N) is 1. The second kappa shape index (κ2) is 9.09. The molecule has 1 aromatic heterocycles. The molecule has 0 amide bonds. The Kier molecular flexibility index (Phi) is 7.81. The van der Waals surface area contributed by atoms with E-state index in [0.717, 1.165) is 5.56 Å². The molecule has 0 spiro atoms. The zero-order valence-corrected chi connectivity index (χ0v) is 13.9. The third-order valence-corrected chi connectivity index (χ3v) is 3.14. The van der Waals surface area contributed by atoms with E-state index in [0.29, 0.717) is 17.8 Å². The van der Waals surface area contributed by atoms with E-state index in [-0.39, 0.29) is 19.6 Å². The van der Waals surface area contributed by atoms with Crippen LogP contribution in [0.5, 0.6) is 0 Å². The summed E-state index contributed by atoms with van der Waals surface area (Å²) in [5.74, 6) is -0.593. The Morgan fingerprint density at radius 2 is 2.10 bits per heavy atom. The Labute approximate surface area is 133 Å². The van der Waals surface area contributed by atoms with Crippen molar-refractivity contribution in [2.24, 2.45) is 5.73 Å². The molecule has 1 atom stereocenters. The van der Waals surface area contributed by atoms with Crippen molar-refractivity contribution in [3.05, 3.63) is 28.5 Å². The summed E-state index contributed by atoms with van der Waals surface area (Å²) in [4.78, 5) is 16.2. The summed E-state index contributed by atoms with van der Waals surface area (Å²) in [7, 11) is 0. The van der Waals surface area contributed by atoms with E-state index in [9.17, 15) is 4.79 Å². The second-order valence-electron chi connectivity index (χ2n) is 4.32. The third-order valence-electron chi connectivity index (χ3n) is 2.67. The Balaban J connectivity index is 2.74. The van der Waals surface area contributed by atoms with Crippen molar-refractivity contribution in [2.45, 2.75) is 26.0 Å². The third kappa shape index (κ3) is 6.09. The van der Waals surface area contributed by atoms with Gasteiger partial charge in [-0.1, -0.05) is 6.07 Å². The molecule has 0 aliphatic carbocycles. The van der Waals surface area contributed by atoms with Crippen molar-refractivity contribution in [1.29, 1.82) is 0 Å². The molecule has 1 aromatic rings. The van der Waals surface area contributed by atoms with Crippen LogP contribution in [0.4, 0.5) is 0 Å². The number of carbonyl (C=O) groups excluding carboxylic acids is 1. The molecule has 0 aliphatic heterocycles. The highest BCUT2D eigenvalue weighted by Crippen LogP contribution is 2.16. The number of halogens is 1. The molecule has 0 fully saturated rings. The van der Waals surface area contributed by atoms with Crippen molar-refractivity contribution in [3.8, 4) is 0 Å². The molecule has 0 radical (unpaired) electrons. The lowest BCUT2D eigenvalue weighted by Gasteiger charge is -2.27. The van der Waals surface area contributed by atoms with Crippen LogP contribution in [0.1, 0.15) is 19.4 Å². The number of hydrogen-bond acceptors (Lipinski definition) is 6. The minimum absolute atomic E-state index is 0.179. The van der Waals surface area contributed by atoms with Crippen molar-refractivity contribution in [3.63, 3.8) is 0 Å². The van der Waals surface area contributed by atoms with Crippen LogP contribution in [0.2, 0.25) is 0 Å². The lowest BCUT2D eigenvalue weighted by atomic mass is 10.1. The molecule has 0 saturated carbocycles. The van der Waals surface area contributed by atoms with Gasteiger partial charge in [0.25, 0.3) is 0 Å². The van der Waals surface area contributed by atoms with Crippen molar-refractivity contribution in [2.75, 3.05) is 26.4 Å². The van der Waals surface area contributed by atoms with Crippen LogP contribution in [0, 0.1) is 0 Å². The van der Waals surface area contributed by atoms with E-state index in [1.165, 1.54) is 0 Å².